The summed E-state index contributed by atoms with van der Waals surface area (Å²) in [5, 5.41) is 157. The molecule has 0 aliphatic heterocycles. The summed E-state index contributed by atoms with van der Waals surface area (Å²) in [4.78, 5) is 185. The number of nitrogens with one attached hydrogen (secondary N) is 7. The molecule has 21 atom stereocenters. The molecule has 0 aliphatic carbocycles. The van der Waals surface area contributed by atoms with E-state index in [0.717, 1.165) is 48.5 Å². The van der Waals surface area contributed by atoms with Crippen LogP contribution >= 0.6 is 0 Å². The zero-order valence-corrected chi connectivity index (χ0v) is 52.4. The molecule has 0 heterocycles. The third kappa shape index (κ3) is 27.5. The van der Waals surface area contributed by atoms with Gasteiger partial charge in [0.15, 0.2) is 40.5 Å². The van der Waals surface area contributed by atoms with E-state index < -0.39 is 293 Å². The summed E-state index contributed by atoms with van der Waals surface area (Å²) in [5.74, 6) is -26.1. The van der Waals surface area contributed by atoms with E-state index in [2.05, 4.69) is 37.2 Å². The maximum atomic E-state index is 13.6. The van der Waals surface area contributed by atoms with Crippen LogP contribution in [0.1, 0.15) is 93.9 Å². The maximum Gasteiger partial charge on any atom is 0.239 e. The van der Waals surface area contributed by atoms with Crippen LogP contribution in [0.5, 0.6) is 0 Å². The van der Waals surface area contributed by atoms with Gasteiger partial charge in [-0.1, -0.05) is 0 Å². The van der Waals surface area contributed by atoms with Crippen LogP contribution in [0, 0.1) is 35.5 Å². The highest BCUT2D eigenvalue weighted by atomic mass is 16.3. The predicted octanol–water partition coefficient (Wildman–Crippen LogP) is -11.6. The van der Waals surface area contributed by atoms with Crippen molar-refractivity contribution < 1.29 is 139 Å². The first-order valence-electron chi connectivity index (χ1n) is 29.3. The fourth-order valence-electron chi connectivity index (χ4n) is 9.01. The highest BCUT2D eigenvalue weighted by molar-refractivity contribution is 6.00. The first-order chi connectivity index (χ1) is 42.7. The summed E-state index contributed by atoms with van der Waals surface area (Å²) in [6, 6.07) is -14.1. The Morgan fingerprint density at radius 2 is 0.402 bits per heavy atom. The normalized spacial score (nSPS) is 18.4. The zero-order valence-electron chi connectivity index (χ0n) is 52.4. The molecular formula is C56H94N8O28. The van der Waals surface area contributed by atoms with Gasteiger partial charge in [-0.2, -0.15) is 0 Å². The minimum atomic E-state index is -1.97. The van der Waals surface area contributed by atoms with Crippen LogP contribution in [0.25, 0.3) is 0 Å². The molecular weight excluding hydrogens is 1230 g/mol. The summed E-state index contributed by atoms with van der Waals surface area (Å²) >= 11 is 0. The summed E-state index contributed by atoms with van der Waals surface area (Å²) in [6.07, 6.45) is -17.4. The standard InChI is InChI=1S/C56H94N8O28/c1-22(72)43(23(2)73)58-50(86)30(15-65)9-37(80)44(24(3)74)59-51(87)31(16-66)10-38(81)45(25(4)75)60-52(88)32(17-67)11-39(82)46(26(5)76)61-53(89)33(18-68)12-40(83)47(27(6)77)62-54(90)34(19-69)13-41(84)48(28(7)78)63-55(91)35(20-70)14-42(85)49(29(8)79)64-56(92)36(57)21-71/h22,24-36,43-49,65-72,74-79H,9-21,57H2,1-8H3,(H,58,86)(H,59,87)(H,60,88)(H,61,89)(H,62,90)(H,63,91)(H,64,92). The molecule has 0 rings (SSSR count). The molecule has 0 aliphatic rings. The van der Waals surface area contributed by atoms with E-state index in [-0.39, 0.29) is 0 Å². The van der Waals surface area contributed by atoms with Crippen LogP contribution in [0.4, 0.5) is 0 Å². The molecule has 0 aromatic heterocycles. The van der Waals surface area contributed by atoms with E-state index in [4.69, 9.17) is 10.8 Å². The fourth-order valence-corrected chi connectivity index (χ4v) is 9.01. The first-order valence-corrected chi connectivity index (χ1v) is 29.3. The summed E-state index contributed by atoms with van der Waals surface area (Å²) in [6.45, 7) is 1.03. The van der Waals surface area contributed by atoms with Crippen LogP contribution in [0.15, 0.2) is 0 Å². The number of ketones is 7. The number of carbonyl (C=O) groups excluding carboxylic acids is 14. The second kappa shape index (κ2) is 41.9. The number of aliphatic hydroxyl groups is 14. The fraction of sp³-hybridized carbons (Fsp3) is 0.750. The molecule has 36 heteroatoms. The van der Waals surface area contributed by atoms with Gasteiger partial charge in [0.05, 0.1) is 124 Å². The number of Topliss-reactive ketones (excluding diaryl/α,β-unsaturated/α-hetero) is 7. The number of aliphatic hydroxyl groups excluding tert-OH is 14. The predicted molar refractivity (Wildman–Crippen MR) is 312 cm³/mol. The van der Waals surface area contributed by atoms with Crippen LogP contribution in [0.3, 0.4) is 0 Å². The molecule has 526 valence electrons. The molecule has 7 amide bonds. The lowest BCUT2D eigenvalue weighted by atomic mass is 9.91. The van der Waals surface area contributed by atoms with Gasteiger partial charge >= 0.3 is 0 Å². The molecule has 0 spiro atoms. The smallest absolute Gasteiger partial charge is 0.239 e. The van der Waals surface area contributed by atoms with Crippen LogP contribution < -0.4 is 43.0 Å². The zero-order chi connectivity index (χ0) is 71.3. The molecule has 0 fully saturated rings. The monoisotopic (exact) mass is 1330 g/mol. The Bertz CT molecular complexity index is 2510. The minimum absolute atomic E-state index is 0.656. The van der Waals surface area contributed by atoms with E-state index in [1.54, 1.807) is 0 Å². The van der Waals surface area contributed by atoms with Crippen molar-refractivity contribution in [3.8, 4) is 0 Å². The number of hydrogen-bond donors (Lipinski definition) is 22. The molecule has 0 aromatic carbocycles. The lowest BCUT2D eigenvalue weighted by molar-refractivity contribution is -0.140. The van der Waals surface area contributed by atoms with Gasteiger partial charge in [0, 0.05) is 38.5 Å². The molecule has 0 radical (unpaired) electrons. The van der Waals surface area contributed by atoms with Crippen molar-refractivity contribution in [2.45, 2.75) is 185 Å². The van der Waals surface area contributed by atoms with E-state index in [0.29, 0.717) is 0 Å². The lowest BCUT2D eigenvalue weighted by Crippen LogP contribution is -2.55. The highest BCUT2D eigenvalue weighted by Gasteiger charge is 2.41. The van der Waals surface area contributed by atoms with Gasteiger partial charge in [0.2, 0.25) is 41.4 Å². The average Bonchev–Trinajstić information content (AvgIpc) is 1.15. The van der Waals surface area contributed by atoms with Crippen LogP contribution in [-0.2, 0) is 67.1 Å². The van der Waals surface area contributed by atoms with E-state index in [1.165, 1.54) is 6.92 Å². The van der Waals surface area contributed by atoms with Crippen molar-refractivity contribution in [2.75, 3.05) is 46.2 Å². The summed E-state index contributed by atoms with van der Waals surface area (Å²) < 4.78 is 0. The Hall–Kier alpha value is -6.62. The van der Waals surface area contributed by atoms with Crippen molar-refractivity contribution in [1.82, 2.24) is 37.2 Å². The summed E-state index contributed by atoms with van der Waals surface area (Å²) in [7, 11) is 0. The largest absolute Gasteiger partial charge is 0.396 e. The Kier molecular flexibility index (Phi) is 38.8. The topological polar surface area (TPSA) is 632 Å². The maximum absolute atomic E-state index is 13.6. The number of amides is 7. The van der Waals surface area contributed by atoms with E-state index >= 15 is 0 Å². The number of carbonyl (C=O) groups is 14. The van der Waals surface area contributed by atoms with E-state index in [1.807, 2.05) is 0 Å². The van der Waals surface area contributed by atoms with Crippen LogP contribution in [0.2, 0.25) is 0 Å². The van der Waals surface area contributed by atoms with Crippen LogP contribution in [-0.4, -0.2) is 291 Å². The quantitative estimate of drug-likeness (QED) is 0.0269. The Morgan fingerprint density at radius 3 is 0.522 bits per heavy atom. The van der Waals surface area contributed by atoms with Crippen molar-refractivity contribution >= 4 is 81.8 Å². The SMILES string of the molecule is CC(=O)C(NC(=O)C(CO)CC(=O)C(NC(=O)C(CO)CC(=O)C(NC(=O)C(CO)CC(=O)C(NC(=O)C(CO)CC(=O)C(NC(=O)C(CO)CC(=O)C(NC(=O)C(CO)CC(=O)C(NC(=O)C(N)CO)C(C)O)C(C)O)C(C)O)C(C)O)C(C)O)C(C)O)C(C)O. The van der Waals surface area contributed by atoms with Gasteiger partial charge in [0.25, 0.3) is 0 Å². The molecule has 23 N–H and O–H groups in total. The van der Waals surface area contributed by atoms with Gasteiger partial charge in [-0.3, -0.25) is 67.1 Å². The van der Waals surface area contributed by atoms with Crippen molar-refractivity contribution in [3.63, 3.8) is 0 Å². The molecule has 0 aromatic rings. The second-order valence-electron chi connectivity index (χ2n) is 22.8. The molecule has 36 nitrogen and oxygen atoms in total. The minimum Gasteiger partial charge on any atom is -0.396 e. The van der Waals surface area contributed by atoms with Gasteiger partial charge in [-0.25, -0.2) is 0 Å². The van der Waals surface area contributed by atoms with Gasteiger partial charge in [-0.05, 0) is 55.4 Å². The van der Waals surface area contributed by atoms with Gasteiger partial charge < -0.3 is 114 Å². The number of nitrogens with two attached hydrogens (primary N) is 1. The Morgan fingerprint density at radius 1 is 0.261 bits per heavy atom. The highest BCUT2D eigenvalue weighted by Crippen LogP contribution is 2.19. The lowest BCUT2D eigenvalue weighted by Gasteiger charge is -2.28. The summed E-state index contributed by atoms with van der Waals surface area (Å²) in [5.41, 5.74) is 5.44. The Balaban J connectivity index is 6.17. The molecule has 0 bridgehead atoms. The second-order valence-corrected chi connectivity index (χ2v) is 22.8. The third-order valence-electron chi connectivity index (χ3n) is 14.7. The van der Waals surface area contributed by atoms with Crippen molar-refractivity contribution in [2.24, 2.45) is 41.2 Å². The first kappa shape index (κ1) is 85.4. The number of hydrogen-bond acceptors (Lipinski definition) is 29. The van der Waals surface area contributed by atoms with Crippen molar-refractivity contribution in [1.29, 1.82) is 0 Å². The molecule has 0 saturated carbocycles. The van der Waals surface area contributed by atoms with Gasteiger partial charge in [-0.15, -0.1) is 0 Å². The molecule has 92 heavy (non-hydrogen) atoms. The molecule has 21 unspecified atom stereocenters. The van der Waals surface area contributed by atoms with Crippen molar-refractivity contribution in [3.05, 3.63) is 0 Å². The third-order valence-corrected chi connectivity index (χ3v) is 14.7. The number of rotatable bonds is 47. The van der Waals surface area contributed by atoms with Gasteiger partial charge in [0.1, 0.15) is 48.3 Å². The van der Waals surface area contributed by atoms with E-state index in [9.17, 15) is 134 Å². The molecule has 0 saturated heterocycles. The average molecular weight is 1330 g/mol. The Labute approximate surface area is 528 Å².